The van der Waals surface area contributed by atoms with E-state index in [0.717, 1.165) is 6.54 Å². The molecule has 0 radical (unpaired) electrons. The van der Waals surface area contributed by atoms with Crippen molar-refractivity contribution in [1.29, 1.82) is 0 Å². The fourth-order valence-corrected chi connectivity index (χ4v) is 3.02. The molecule has 6 heteroatoms. The first-order valence-corrected chi connectivity index (χ1v) is 6.76. The highest BCUT2D eigenvalue weighted by molar-refractivity contribution is 7.99. The van der Waals surface area contributed by atoms with Crippen molar-refractivity contribution < 1.29 is 4.92 Å². The van der Waals surface area contributed by atoms with Crippen LogP contribution in [0.15, 0.2) is 18.3 Å². The highest BCUT2D eigenvalue weighted by Crippen LogP contribution is 2.25. The lowest BCUT2D eigenvalue weighted by Gasteiger charge is -2.21. The number of nitrogens with one attached hydrogen (secondary N) is 1. The predicted molar refractivity (Wildman–Crippen MR) is 69.5 cm³/mol. The number of aromatic nitrogens is 1. The summed E-state index contributed by atoms with van der Waals surface area (Å²) >= 11 is 1.99. The Labute approximate surface area is 104 Å². The van der Waals surface area contributed by atoms with E-state index in [2.05, 4.69) is 10.3 Å². The van der Waals surface area contributed by atoms with Gasteiger partial charge in [0.1, 0.15) is 12.0 Å². The monoisotopic (exact) mass is 253 g/mol. The van der Waals surface area contributed by atoms with Crippen LogP contribution in [0.3, 0.4) is 0 Å². The summed E-state index contributed by atoms with van der Waals surface area (Å²) in [6.07, 6.45) is 5.14. The van der Waals surface area contributed by atoms with Crippen molar-refractivity contribution in [3.05, 3.63) is 28.4 Å². The molecule has 1 atom stereocenters. The van der Waals surface area contributed by atoms with Gasteiger partial charge in [-0.3, -0.25) is 10.1 Å². The molecule has 0 bridgehead atoms. The van der Waals surface area contributed by atoms with Crippen molar-refractivity contribution in [2.24, 2.45) is 0 Å². The van der Waals surface area contributed by atoms with E-state index in [1.807, 2.05) is 11.8 Å². The number of hydrogen-bond donors (Lipinski definition) is 1. The Hall–Kier alpha value is -1.30. The van der Waals surface area contributed by atoms with E-state index >= 15 is 0 Å². The van der Waals surface area contributed by atoms with Crippen LogP contribution in [0.4, 0.5) is 11.5 Å². The summed E-state index contributed by atoms with van der Waals surface area (Å²) in [5.74, 6) is 1.95. The summed E-state index contributed by atoms with van der Waals surface area (Å²) in [5, 5.41) is 14.3. The van der Waals surface area contributed by atoms with Crippen molar-refractivity contribution in [1.82, 2.24) is 4.98 Å². The Morgan fingerprint density at radius 3 is 3.00 bits per heavy atom. The van der Waals surface area contributed by atoms with Gasteiger partial charge in [-0.15, -0.1) is 0 Å². The van der Waals surface area contributed by atoms with Gasteiger partial charge in [-0.05, 0) is 24.7 Å². The number of anilines is 1. The van der Waals surface area contributed by atoms with Gasteiger partial charge < -0.3 is 5.32 Å². The summed E-state index contributed by atoms with van der Waals surface area (Å²) in [5.41, 5.74) is 0.0302. The van der Waals surface area contributed by atoms with E-state index in [0.29, 0.717) is 11.1 Å². The summed E-state index contributed by atoms with van der Waals surface area (Å²) < 4.78 is 0. The summed E-state index contributed by atoms with van der Waals surface area (Å²) in [6.45, 7) is 0.884. The third-order valence-corrected chi connectivity index (χ3v) is 4.14. The minimum absolute atomic E-state index is 0.0302. The van der Waals surface area contributed by atoms with E-state index in [1.54, 1.807) is 6.07 Å². The minimum atomic E-state index is -0.437. The minimum Gasteiger partial charge on any atom is -0.369 e. The van der Waals surface area contributed by atoms with Crippen LogP contribution >= 0.6 is 11.8 Å². The van der Waals surface area contributed by atoms with E-state index < -0.39 is 4.92 Å². The van der Waals surface area contributed by atoms with Crippen molar-refractivity contribution in [3.8, 4) is 0 Å². The normalized spacial score (nSPS) is 19.9. The first-order valence-electron chi connectivity index (χ1n) is 5.71. The van der Waals surface area contributed by atoms with Gasteiger partial charge in [-0.1, -0.05) is 6.42 Å². The van der Waals surface area contributed by atoms with Crippen LogP contribution < -0.4 is 5.32 Å². The summed E-state index contributed by atoms with van der Waals surface area (Å²) in [7, 11) is 0. The predicted octanol–water partition coefficient (Wildman–Crippen LogP) is 2.69. The molecule has 0 amide bonds. The second-order valence-corrected chi connectivity index (χ2v) is 5.44. The van der Waals surface area contributed by atoms with Gasteiger partial charge in [0.25, 0.3) is 5.69 Å². The molecule has 17 heavy (non-hydrogen) atoms. The highest BCUT2D eigenvalue weighted by Gasteiger charge is 2.13. The van der Waals surface area contributed by atoms with Gasteiger partial charge in [0.05, 0.1) is 4.92 Å². The van der Waals surface area contributed by atoms with Crippen molar-refractivity contribution in [2.75, 3.05) is 17.6 Å². The molecule has 0 aliphatic carbocycles. The maximum absolute atomic E-state index is 10.5. The maximum Gasteiger partial charge on any atom is 0.287 e. The second kappa shape index (κ2) is 5.86. The largest absolute Gasteiger partial charge is 0.369 e. The Morgan fingerprint density at radius 1 is 1.53 bits per heavy atom. The van der Waals surface area contributed by atoms with Crippen LogP contribution in [0.1, 0.15) is 19.3 Å². The lowest BCUT2D eigenvalue weighted by molar-refractivity contribution is -0.385. The molecule has 1 unspecified atom stereocenters. The smallest absolute Gasteiger partial charge is 0.287 e. The first kappa shape index (κ1) is 12.2. The molecular formula is C11H15N3O2S. The molecule has 0 saturated carbocycles. The van der Waals surface area contributed by atoms with Crippen LogP contribution in [0.25, 0.3) is 0 Å². The fourth-order valence-electron chi connectivity index (χ4n) is 1.79. The number of nitro groups is 1. The third-order valence-electron chi connectivity index (χ3n) is 2.74. The van der Waals surface area contributed by atoms with Crippen LogP contribution in [-0.2, 0) is 0 Å². The molecule has 1 N–H and O–H groups in total. The third kappa shape index (κ3) is 3.59. The molecule has 1 aromatic rings. The average Bonchev–Trinajstić information content (AvgIpc) is 2.38. The second-order valence-electron chi connectivity index (χ2n) is 4.03. The molecular weight excluding hydrogens is 238 g/mol. The Kier molecular flexibility index (Phi) is 4.19. The Balaban J connectivity index is 1.84. The molecule has 1 saturated heterocycles. The molecule has 1 aliphatic rings. The average molecular weight is 253 g/mol. The Morgan fingerprint density at radius 2 is 2.41 bits per heavy atom. The molecule has 0 aromatic carbocycles. The van der Waals surface area contributed by atoms with Crippen LogP contribution in [0.2, 0.25) is 0 Å². The van der Waals surface area contributed by atoms with Crippen LogP contribution in [0.5, 0.6) is 0 Å². The van der Waals surface area contributed by atoms with Crippen LogP contribution in [0, 0.1) is 10.1 Å². The van der Waals surface area contributed by atoms with E-state index in [-0.39, 0.29) is 5.69 Å². The lowest BCUT2D eigenvalue weighted by Crippen LogP contribution is -2.20. The topological polar surface area (TPSA) is 68.1 Å². The van der Waals surface area contributed by atoms with Gasteiger partial charge >= 0.3 is 0 Å². The summed E-state index contributed by atoms with van der Waals surface area (Å²) in [6, 6.07) is 3.13. The molecule has 5 nitrogen and oxygen atoms in total. The molecule has 0 spiro atoms. The van der Waals surface area contributed by atoms with Gasteiger partial charge in [-0.25, -0.2) is 4.98 Å². The zero-order valence-corrected chi connectivity index (χ0v) is 10.3. The number of nitrogens with zero attached hydrogens (tertiary/aromatic N) is 2. The molecule has 1 fully saturated rings. The Bertz CT molecular complexity index is 377. The quantitative estimate of drug-likeness (QED) is 0.660. The number of thioether (sulfide) groups is 1. The zero-order valence-electron chi connectivity index (χ0n) is 9.46. The van der Waals surface area contributed by atoms with Gasteiger partial charge in [0, 0.05) is 17.9 Å². The summed E-state index contributed by atoms with van der Waals surface area (Å²) in [4.78, 5) is 14.0. The van der Waals surface area contributed by atoms with Crippen LogP contribution in [-0.4, -0.2) is 27.5 Å². The standard InChI is InChI=1S/C11H15N3O2S/c15-14(16)9-4-5-11(12-7-9)13-8-10-3-1-2-6-17-10/h4-5,7,10H,1-3,6,8H2,(H,12,13). The van der Waals surface area contributed by atoms with Crippen molar-refractivity contribution >= 4 is 23.3 Å². The number of rotatable bonds is 4. The first-order chi connectivity index (χ1) is 8.25. The molecule has 92 valence electrons. The lowest BCUT2D eigenvalue weighted by atomic mass is 10.2. The van der Waals surface area contributed by atoms with Crippen molar-refractivity contribution in [2.45, 2.75) is 24.5 Å². The molecule has 1 aromatic heterocycles. The van der Waals surface area contributed by atoms with E-state index in [1.165, 1.54) is 37.3 Å². The van der Waals surface area contributed by atoms with Gasteiger partial charge in [-0.2, -0.15) is 11.8 Å². The van der Waals surface area contributed by atoms with Gasteiger partial charge in [0.2, 0.25) is 0 Å². The van der Waals surface area contributed by atoms with E-state index in [9.17, 15) is 10.1 Å². The number of hydrogen-bond acceptors (Lipinski definition) is 5. The fraction of sp³-hybridized carbons (Fsp3) is 0.545. The van der Waals surface area contributed by atoms with Crippen molar-refractivity contribution in [3.63, 3.8) is 0 Å². The molecule has 2 heterocycles. The van der Waals surface area contributed by atoms with E-state index in [4.69, 9.17) is 0 Å². The molecule has 2 rings (SSSR count). The maximum atomic E-state index is 10.5. The zero-order chi connectivity index (χ0) is 12.1. The SMILES string of the molecule is O=[N+]([O-])c1ccc(NCC2CCCCS2)nc1. The highest BCUT2D eigenvalue weighted by atomic mass is 32.2. The van der Waals surface area contributed by atoms with Gasteiger partial charge in [0.15, 0.2) is 0 Å². The molecule has 1 aliphatic heterocycles. The number of pyridine rings is 1.